The van der Waals surface area contributed by atoms with E-state index in [2.05, 4.69) is 170 Å². The molecular weight excluding hydrogens is 585 g/mol. The summed E-state index contributed by atoms with van der Waals surface area (Å²) in [5.41, 5.74) is 7.64. The highest BCUT2D eigenvalue weighted by Gasteiger charge is 2.19. The molecule has 9 aromatic carbocycles. The van der Waals surface area contributed by atoms with Gasteiger partial charge in [-0.25, -0.2) is 0 Å². The van der Waals surface area contributed by atoms with Crippen LogP contribution >= 0.6 is 11.3 Å². The van der Waals surface area contributed by atoms with Gasteiger partial charge in [-0.15, -0.1) is 11.3 Å². The minimum Gasteiger partial charge on any atom is -0.135 e. The first kappa shape index (κ1) is 26.5. The summed E-state index contributed by atoms with van der Waals surface area (Å²) in [6.45, 7) is 0. The Morgan fingerprint density at radius 1 is 0.298 bits per heavy atom. The molecule has 0 aliphatic rings. The van der Waals surface area contributed by atoms with Crippen LogP contribution in [-0.2, 0) is 0 Å². The SMILES string of the molecule is c1ccc(-c2c3ccccc3c(-c3cc(-c4cccc5c4sc4cc6ccccc6cc45)cc4ccccc34)c3ccccc23)cc1. The molecule has 1 heteroatoms. The minimum atomic E-state index is 1.24. The molecule has 0 saturated carbocycles. The zero-order valence-electron chi connectivity index (χ0n) is 25.6. The molecule has 0 radical (unpaired) electrons. The van der Waals surface area contributed by atoms with E-state index < -0.39 is 0 Å². The first-order valence-corrected chi connectivity index (χ1v) is 17.0. The van der Waals surface area contributed by atoms with E-state index in [9.17, 15) is 0 Å². The summed E-state index contributed by atoms with van der Waals surface area (Å²) in [5, 5.41) is 12.9. The number of thiophene rings is 1. The second kappa shape index (κ2) is 10.4. The fourth-order valence-corrected chi connectivity index (χ4v) is 8.99. The van der Waals surface area contributed by atoms with Gasteiger partial charge in [0.1, 0.15) is 0 Å². The molecule has 0 aliphatic carbocycles. The number of hydrogen-bond donors (Lipinski definition) is 0. The summed E-state index contributed by atoms with van der Waals surface area (Å²) in [4.78, 5) is 0. The second-order valence-corrected chi connectivity index (χ2v) is 13.5. The van der Waals surface area contributed by atoms with Crippen molar-refractivity contribution in [3.63, 3.8) is 0 Å². The number of benzene rings is 9. The molecule has 0 nitrogen and oxygen atoms in total. The molecule has 0 amide bonds. The topological polar surface area (TPSA) is 0 Å². The third-order valence-corrected chi connectivity index (χ3v) is 11.0. The van der Waals surface area contributed by atoms with Gasteiger partial charge in [0, 0.05) is 20.2 Å². The van der Waals surface area contributed by atoms with Crippen LogP contribution in [0.3, 0.4) is 0 Å². The van der Waals surface area contributed by atoms with Crippen LogP contribution in [0, 0.1) is 0 Å². The zero-order chi connectivity index (χ0) is 30.9. The van der Waals surface area contributed by atoms with Crippen LogP contribution in [-0.4, -0.2) is 0 Å². The summed E-state index contributed by atoms with van der Waals surface area (Å²) in [5.74, 6) is 0. The number of fused-ring (bicyclic) bond motifs is 7. The van der Waals surface area contributed by atoms with Crippen molar-refractivity contribution in [3.05, 3.63) is 170 Å². The molecule has 0 unspecified atom stereocenters. The van der Waals surface area contributed by atoms with Crippen molar-refractivity contribution < 1.29 is 0 Å². The van der Waals surface area contributed by atoms with E-state index in [0.29, 0.717) is 0 Å². The average Bonchev–Trinajstić information content (AvgIpc) is 3.50. The Kier molecular flexibility index (Phi) is 5.85. The number of hydrogen-bond acceptors (Lipinski definition) is 1. The molecule has 0 aliphatic heterocycles. The van der Waals surface area contributed by atoms with Crippen LogP contribution in [0.2, 0.25) is 0 Å². The highest BCUT2D eigenvalue weighted by molar-refractivity contribution is 7.26. The van der Waals surface area contributed by atoms with Crippen molar-refractivity contribution in [2.24, 2.45) is 0 Å². The van der Waals surface area contributed by atoms with Gasteiger partial charge < -0.3 is 0 Å². The van der Waals surface area contributed by atoms with E-state index in [1.54, 1.807) is 0 Å². The van der Waals surface area contributed by atoms with Gasteiger partial charge in [0.05, 0.1) is 0 Å². The Balaban J connectivity index is 1.31. The minimum absolute atomic E-state index is 1.24. The van der Waals surface area contributed by atoms with E-state index in [1.807, 2.05) is 11.3 Å². The van der Waals surface area contributed by atoms with Crippen LogP contribution in [0.15, 0.2) is 170 Å². The van der Waals surface area contributed by atoms with Gasteiger partial charge in [-0.2, -0.15) is 0 Å². The van der Waals surface area contributed by atoms with Crippen LogP contribution < -0.4 is 0 Å². The van der Waals surface area contributed by atoms with Crippen molar-refractivity contribution in [3.8, 4) is 33.4 Å². The van der Waals surface area contributed by atoms with E-state index in [-0.39, 0.29) is 0 Å². The lowest BCUT2D eigenvalue weighted by Gasteiger charge is -2.19. The Bertz CT molecular complexity index is 2780. The van der Waals surface area contributed by atoms with Crippen LogP contribution in [0.5, 0.6) is 0 Å². The van der Waals surface area contributed by atoms with Crippen LogP contribution in [0.4, 0.5) is 0 Å². The van der Waals surface area contributed by atoms with E-state index in [1.165, 1.54) is 96.6 Å². The molecule has 1 aromatic heterocycles. The lowest BCUT2D eigenvalue weighted by atomic mass is 9.84. The molecule has 0 atom stereocenters. The predicted octanol–water partition coefficient (Wildman–Crippen LogP) is 13.7. The summed E-state index contributed by atoms with van der Waals surface area (Å²) in [6, 6.07) is 62.7. The smallest absolute Gasteiger partial charge is 0.0433 e. The van der Waals surface area contributed by atoms with Crippen molar-refractivity contribution in [1.29, 1.82) is 0 Å². The third kappa shape index (κ3) is 4.07. The molecule has 1 heterocycles. The molecule has 0 N–H and O–H groups in total. The summed E-state index contributed by atoms with van der Waals surface area (Å²) in [7, 11) is 0. The first-order valence-electron chi connectivity index (χ1n) is 16.2. The molecule has 10 rings (SSSR count). The fourth-order valence-electron chi connectivity index (χ4n) is 7.72. The second-order valence-electron chi connectivity index (χ2n) is 12.4. The summed E-state index contributed by atoms with van der Waals surface area (Å²) < 4.78 is 2.67. The van der Waals surface area contributed by atoms with Gasteiger partial charge in [0.25, 0.3) is 0 Å². The maximum atomic E-state index is 2.45. The largest absolute Gasteiger partial charge is 0.135 e. The van der Waals surface area contributed by atoms with Crippen LogP contribution in [0.25, 0.3) is 96.6 Å². The monoisotopic (exact) mass is 612 g/mol. The first-order chi connectivity index (χ1) is 23.3. The standard InChI is InChI=1S/C46H28S/c1-2-13-29(14-3-1)44-36-19-8-10-21-38(36)45(39-22-11-9-20-37(39)44)42-27-33(25-32-17-6-7-18-34(32)42)35-23-12-24-40-41-26-30-15-4-5-16-31(30)28-43(41)47-46(35)40/h1-28H. The molecule has 0 spiro atoms. The van der Waals surface area contributed by atoms with Gasteiger partial charge in [-0.1, -0.05) is 146 Å². The van der Waals surface area contributed by atoms with Gasteiger partial charge in [0.15, 0.2) is 0 Å². The number of rotatable bonds is 3. The average molecular weight is 613 g/mol. The quantitative estimate of drug-likeness (QED) is 0.174. The molecule has 10 aromatic rings. The van der Waals surface area contributed by atoms with Crippen molar-refractivity contribution in [2.75, 3.05) is 0 Å². The van der Waals surface area contributed by atoms with Gasteiger partial charge in [-0.05, 0) is 101 Å². The lowest BCUT2D eigenvalue weighted by Crippen LogP contribution is -1.92. The van der Waals surface area contributed by atoms with Gasteiger partial charge >= 0.3 is 0 Å². The Morgan fingerprint density at radius 3 is 1.55 bits per heavy atom. The van der Waals surface area contributed by atoms with E-state index >= 15 is 0 Å². The van der Waals surface area contributed by atoms with Gasteiger partial charge in [-0.3, -0.25) is 0 Å². The highest BCUT2D eigenvalue weighted by atomic mass is 32.1. The van der Waals surface area contributed by atoms with Crippen molar-refractivity contribution in [1.82, 2.24) is 0 Å². The predicted molar refractivity (Wildman–Crippen MR) is 206 cm³/mol. The summed E-state index contributed by atoms with van der Waals surface area (Å²) in [6.07, 6.45) is 0. The Hall–Kier alpha value is -5.76. The maximum Gasteiger partial charge on any atom is 0.0433 e. The molecule has 0 saturated heterocycles. The fraction of sp³-hybridized carbons (Fsp3) is 0. The molecule has 47 heavy (non-hydrogen) atoms. The Labute approximate surface area is 276 Å². The molecule has 0 fully saturated rings. The highest BCUT2D eigenvalue weighted by Crippen LogP contribution is 2.48. The van der Waals surface area contributed by atoms with Crippen molar-refractivity contribution >= 4 is 74.6 Å². The third-order valence-electron chi connectivity index (χ3n) is 9.80. The Morgan fingerprint density at radius 2 is 0.851 bits per heavy atom. The molecule has 0 bridgehead atoms. The van der Waals surface area contributed by atoms with E-state index in [0.717, 1.165) is 0 Å². The van der Waals surface area contributed by atoms with Crippen LogP contribution in [0.1, 0.15) is 0 Å². The van der Waals surface area contributed by atoms with Crippen molar-refractivity contribution in [2.45, 2.75) is 0 Å². The zero-order valence-corrected chi connectivity index (χ0v) is 26.4. The summed E-state index contributed by atoms with van der Waals surface area (Å²) >= 11 is 1.91. The maximum absolute atomic E-state index is 2.45. The normalized spacial score (nSPS) is 11.8. The van der Waals surface area contributed by atoms with E-state index in [4.69, 9.17) is 0 Å². The molecule has 218 valence electrons. The molecular formula is C46H28S. The van der Waals surface area contributed by atoms with Gasteiger partial charge in [0.2, 0.25) is 0 Å². The lowest BCUT2D eigenvalue weighted by molar-refractivity contribution is 1.66.